The lowest BCUT2D eigenvalue weighted by atomic mass is 9.93. The Kier molecular flexibility index (Phi) is 6.32. The van der Waals surface area contributed by atoms with Crippen molar-refractivity contribution in [3.8, 4) is 17.1 Å². The predicted octanol–water partition coefficient (Wildman–Crippen LogP) is 4.60. The normalized spacial score (nSPS) is 18.1. The summed E-state index contributed by atoms with van der Waals surface area (Å²) in [6, 6.07) is 4.45. The molecule has 4 heterocycles. The summed E-state index contributed by atoms with van der Waals surface area (Å²) in [6.45, 7) is 5.00. The van der Waals surface area contributed by atoms with Crippen LogP contribution in [0, 0.1) is 6.92 Å². The first-order chi connectivity index (χ1) is 16.9. The molecule has 9 heteroatoms. The Bertz CT molecular complexity index is 1320. The van der Waals surface area contributed by atoms with Gasteiger partial charge in [0.2, 0.25) is 5.88 Å². The molecule has 0 bridgehead atoms. The Labute approximate surface area is 206 Å². The third-order valence-electron chi connectivity index (χ3n) is 6.74. The van der Waals surface area contributed by atoms with E-state index in [1.54, 1.807) is 0 Å². The van der Waals surface area contributed by atoms with Crippen molar-refractivity contribution in [2.24, 2.45) is 7.05 Å². The van der Waals surface area contributed by atoms with Gasteiger partial charge in [0.25, 0.3) is 0 Å². The summed E-state index contributed by atoms with van der Waals surface area (Å²) < 4.78 is 10.4. The molecule has 0 amide bonds. The molecule has 0 aromatic carbocycles. The summed E-state index contributed by atoms with van der Waals surface area (Å²) >= 11 is 0. The van der Waals surface area contributed by atoms with Crippen LogP contribution in [0.25, 0.3) is 22.2 Å². The number of rotatable bonds is 7. The monoisotopic (exact) mass is 474 g/mol. The summed E-state index contributed by atoms with van der Waals surface area (Å²) in [4.78, 5) is 11.2. The van der Waals surface area contributed by atoms with Crippen molar-refractivity contribution in [1.29, 1.82) is 0 Å². The zero-order chi connectivity index (χ0) is 24.5. The number of nitrogens with zero attached hydrogens (tertiary/aromatic N) is 7. The highest BCUT2D eigenvalue weighted by molar-refractivity contribution is 5.93. The molecule has 0 unspecified atom stereocenters. The fourth-order valence-electron chi connectivity index (χ4n) is 5.07. The van der Waals surface area contributed by atoms with Gasteiger partial charge < -0.3 is 15.0 Å². The number of anilines is 2. The van der Waals surface area contributed by atoms with Gasteiger partial charge in [0.15, 0.2) is 0 Å². The molecular formula is C26H34N8O. The molecule has 0 saturated heterocycles. The van der Waals surface area contributed by atoms with E-state index < -0.39 is 0 Å². The molecule has 0 radical (unpaired) electrons. The van der Waals surface area contributed by atoms with E-state index in [0.717, 1.165) is 71.8 Å². The van der Waals surface area contributed by atoms with E-state index in [1.807, 2.05) is 56.7 Å². The summed E-state index contributed by atoms with van der Waals surface area (Å²) in [5, 5.41) is 13.8. The van der Waals surface area contributed by atoms with Crippen LogP contribution in [0.1, 0.15) is 44.2 Å². The first kappa shape index (κ1) is 23.1. The van der Waals surface area contributed by atoms with Crippen LogP contribution < -0.4 is 15.0 Å². The van der Waals surface area contributed by atoms with Crippen molar-refractivity contribution in [2.75, 3.05) is 30.9 Å². The number of aromatic nitrogens is 6. The van der Waals surface area contributed by atoms with Gasteiger partial charge in [-0.1, -0.05) is 0 Å². The summed E-state index contributed by atoms with van der Waals surface area (Å²) in [5.41, 5.74) is 5.27. The number of ether oxygens (including phenoxy) is 1. The Hall–Kier alpha value is -3.62. The minimum atomic E-state index is 0.151. The van der Waals surface area contributed by atoms with Crippen molar-refractivity contribution >= 4 is 22.4 Å². The summed E-state index contributed by atoms with van der Waals surface area (Å²) in [6.07, 6.45) is 11.7. The molecule has 184 valence electrons. The minimum Gasteiger partial charge on any atom is -0.473 e. The maximum atomic E-state index is 6.42. The van der Waals surface area contributed by atoms with E-state index >= 15 is 0 Å². The van der Waals surface area contributed by atoms with E-state index in [4.69, 9.17) is 9.84 Å². The van der Waals surface area contributed by atoms with Crippen LogP contribution >= 0.6 is 0 Å². The average molecular weight is 475 g/mol. The van der Waals surface area contributed by atoms with Crippen LogP contribution in [0.2, 0.25) is 0 Å². The standard InChI is InChI=1S/C26H34N8O/c1-6-27-23-13-22-21(15-29-23)24(18-14-30-33(5)16-18)31-34(22)19-7-9-20(10-8-19)35-26-25(32(3)4)17(2)11-12-28-26/h11-16,19-20H,6-10H2,1-5H3,(H,27,29). The van der Waals surface area contributed by atoms with Crippen molar-refractivity contribution < 1.29 is 4.74 Å². The molecule has 1 fully saturated rings. The number of pyridine rings is 2. The first-order valence-corrected chi connectivity index (χ1v) is 12.3. The predicted molar refractivity (Wildman–Crippen MR) is 139 cm³/mol. The molecule has 0 aliphatic heterocycles. The van der Waals surface area contributed by atoms with E-state index in [2.05, 4.69) is 49.9 Å². The largest absolute Gasteiger partial charge is 0.473 e. The highest BCUT2D eigenvalue weighted by atomic mass is 16.5. The van der Waals surface area contributed by atoms with E-state index in [9.17, 15) is 0 Å². The van der Waals surface area contributed by atoms with Gasteiger partial charge in [-0.2, -0.15) is 10.2 Å². The number of hydrogen-bond donors (Lipinski definition) is 1. The lowest BCUT2D eigenvalue weighted by molar-refractivity contribution is 0.126. The molecule has 9 nitrogen and oxygen atoms in total. The van der Waals surface area contributed by atoms with E-state index in [0.29, 0.717) is 6.04 Å². The van der Waals surface area contributed by atoms with Crippen molar-refractivity contribution in [1.82, 2.24) is 29.5 Å². The third-order valence-corrected chi connectivity index (χ3v) is 6.74. The molecule has 1 N–H and O–H groups in total. The number of nitrogens with one attached hydrogen (secondary N) is 1. The number of hydrogen-bond acceptors (Lipinski definition) is 7. The first-order valence-electron chi connectivity index (χ1n) is 12.3. The van der Waals surface area contributed by atoms with Crippen LogP contribution in [-0.4, -0.2) is 56.3 Å². The Morgan fingerprint density at radius 3 is 2.63 bits per heavy atom. The van der Waals surface area contributed by atoms with Crippen LogP contribution in [0.15, 0.2) is 36.9 Å². The molecule has 5 rings (SSSR count). The van der Waals surface area contributed by atoms with Crippen LogP contribution in [0.4, 0.5) is 11.5 Å². The minimum absolute atomic E-state index is 0.151. The van der Waals surface area contributed by atoms with Crippen molar-refractivity contribution in [3.05, 3.63) is 42.5 Å². The van der Waals surface area contributed by atoms with Crippen molar-refractivity contribution in [3.63, 3.8) is 0 Å². The summed E-state index contributed by atoms with van der Waals surface area (Å²) in [7, 11) is 6.00. The molecule has 4 aromatic rings. The van der Waals surface area contributed by atoms with Crippen LogP contribution in [-0.2, 0) is 7.05 Å². The van der Waals surface area contributed by atoms with Crippen molar-refractivity contribution in [2.45, 2.75) is 51.7 Å². The molecule has 1 aliphatic rings. The Morgan fingerprint density at radius 1 is 1.14 bits per heavy atom. The molecule has 35 heavy (non-hydrogen) atoms. The van der Waals surface area contributed by atoms with Gasteiger partial charge in [-0.25, -0.2) is 9.97 Å². The van der Waals surface area contributed by atoms with Gasteiger partial charge in [-0.3, -0.25) is 9.36 Å². The van der Waals surface area contributed by atoms with Gasteiger partial charge in [-0.15, -0.1) is 0 Å². The maximum Gasteiger partial charge on any atom is 0.238 e. The van der Waals surface area contributed by atoms with E-state index in [-0.39, 0.29) is 6.10 Å². The quantitative estimate of drug-likeness (QED) is 0.419. The lowest BCUT2D eigenvalue weighted by Gasteiger charge is -2.30. The number of fused-ring (bicyclic) bond motifs is 1. The van der Waals surface area contributed by atoms with Crippen LogP contribution in [0.3, 0.4) is 0 Å². The highest BCUT2D eigenvalue weighted by Crippen LogP contribution is 2.37. The van der Waals surface area contributed by atoms with Gasteiger partial charge in [0, 0.05) is 63.3 Å². The second-order valence-electron chi connectivity index (χ2n) is 9.54. The highest BCUT2D eigenvalue weighted by Gasteiger charge is 2.28. The molecule has 1 aliphatic carbocycles. The fraction of sp³-hybridized carbons (Fsp3) is 0.462. The maximum absolute atomic E-state index is 6.42. The Balaban J connectivity index is 1.40. The Morgan fingerprint density at radius 2 is 1.94 bits per heavy atom. The lowest BCUT2D eigenvalue weighted by Crippen LogP contribution is -2.27. The zero-order valence-corrected chi connectivity index (χ0v) is 21.2. The van der Waals surface area contributed by atoms with Gasteiger partial charge in [0.1, 0.15) is 23.3 Å². The fourth-order valence-corrected chi connectivity index (χ4v) is 5.07. The smallest absolute Gasteiger partial charge is 0.238 e. The van der Waals surface area contributed by atoms with Gasteiger partial charge in [-0.05, 0) is 51.2 Å². The average Bonchev–Trinajstić information content (AvgIpc) is 3.43. The molecule has 0 atom stereocenters. The van der Waals surface area contributed by atoms with Crippen LogP contribution in [0.5, 0.6) is 5.88 Å². The third kappa shape index (κ3) is 4.54. The SMILES string of the molecule is CCNc1cc2c(cn1)c(-c1cnn(C)c1)nn2C1CCC(Oc2nccc(C)c2N(C)C)CC1. The summed E-state index contributed by atoms with van der Waals surface area (Å²) in [5.74, 6) is 1.60. The molecule has 1 saturated carbocycles. The second-order valence-corrected chi connectivity index (χ2v) is 9.54. The van der Waals surface area contributed by atoms with Gasteiger partial charge >= 0.3 is 0 Å². The molecular weight excluding hydrogens is 440 g/mol. The second kappa shape index (κ2) is 9.56. The van der Waals surface area contributed by atoms with Gasteiger partial charge in [0.05, 0.1) is 17.8 Å². The number of aryl methyl sites for hydroxylation is 2. The molecule has 4 aromatic heterocycles. The van der Waals surface area contributed by atoms with E-state index in [1.165, 1.54) is 5.56 Å². The molecule has 0 spiro atoms. The zero-order valence-electron chi connectivity index (χ0n) is 21.2. The topological polar surface area (TPSA) is 85.9 Å².